The summed E-state index contributed by atoms with van der Waals surface area (Å²) in [6, 6.07) is 3.98. The van der Waals surface area contributed by atoms with Crippen LogP contribution in [-0.4, -0.2) is 32.3 Å². The molecule has 0 radical (unpaired) electrons. The predicted molar refractivity (Wildman–Crippen MR) is 82.9 cm³/mol. The lowest BCUT2D eigenvalue weighted by atomic mass is 10.2. The maximum atomic E-state index is 12.3. The number of hydrogen-bond acceptors (Lipinski definition) is 5. The molecular weight excluding hydrogens is 278 g/mol. The van der Waals surface area contributed by atoms with Crippen molar-refractivity contribution in [1.29, 1.82) is 0 Å². The van der Waals surface area contributed by atoms with Crippen molar-refractivity contribution in [3.63, 3.8) is 0 Å². The predicted octanol–water partition coefficient (Wildman–Crippen LogP) is 1.19. The summed E-state index contributed by atoms with van der Waals surface area (Å²) in [7, 11) is 0. The number of rotatable bonds is 3. The molecule has 22 heavy (non-hydrogen) atoms. The maximum absolute atomic E-state index is 12.3. The van der Waals surface area contributed by atoms with Gasteiger partial charge in [-0.15, -0.1) is 0 Å². The fourth-order valence-electron chi connectivity index (χ4n) is 3.55. The average molecular weight is 297 g/mol. The van der Waals surface area contributed by atoms with E-state index in [0.717, 1.165) is 55.7 Å². The van der Waals surface area contributed by atoms with Crippen molar-refractivity contribution in [2.45, 2.75) is 44.7 Å². The molecule has 0 aromatic carbocycles. The Bertz CT molecular complexity index is 727. The third-order valence-corrected chi connectivity index (χ3v) is 4.65. The Morgan fingerprint density at radius 2 is 2.23 bits per heavy atom. The van der Waals surface area contributed by atoms with Gasteiger partial charge in [0.1, 0.15) is 12.1 Å². The van der Waals surface area contributed by atoms with Gasteiger partial charge >= 0.3 is 0 Å². The highest BCUT2D eigenvalue weighted by Crippen LogP contribution is 2.24. The highest BCUT2D eigenvalue weighted by molar-refractivity contribution is 5.39. The second kappa shape index (κ2) is 5.51. The Morgan fingerprint density at radius 1 is 1.27 bits per heavy atom. The highest BCUT2D eigenvalue weighted by atomic mass is 16.1. The minimum absolute atomic E-state index is 0.0233. The molecule has 1 aliphatic heterocycles. The van der Waals surface area contributed by atoms with Gasteiger partial charge in [-0.25, -0.2) is 14.6 Å². The molecule has 2 aromatic heterocycles. The highest BCUT2D eigenvalue weighted by Gasteiger charge is 2.27. The van der Waals surface area contributed by atoms with Crippen molar-refractivity contribution >= 4 is 5.82 Å². The summed E-state index contributed by atoms with van der Waals surface area (Å²) in [5, 5.41) is 4.59. The molecule has 0 bridgehead atoms. The van der Waals surface area contributed by atoms with Crippen LogP contribution in [-0.2, 0) is 19.4 Å². The standard InChI is InChI=1S/C16H19N5O/c22-16-9-12-3-1-5-14(12)19-21(16)10-13-4-2-8-20(13)15-6-7-17-11-18-15/h6-7,9,11,13H,1-5,8,10H2. The number of aryl methyl sites for hydroxylation is 2. The molecular formula is C16H19N5O. The van der Waals surface area contributed by atoms with Gasteiger partial charge in [-0.05, 0) is 43.7 Å². The maximum Gasteiger partial charge on any atom is 0.267 e. The van der Waals surface area contributed by atoms with E-state index in [1.807, 2.05) is 6.07 Å². The summed E-state index contributed by atoms with van der Waals surface area (Å²) in [6.45, 7) is 1.61. The lowest BCUT2D eigenvalue weighted by molar-refractivity contribution is 0.481. The van der Waals surface area contributed by atoms with E-state index < -0.39 is 0 Å². The van der Waals surface area contributed by atoms with Gasteiger partial charge in [0, 0.05) is 18.8 Å². The topological polar surface area (TPSA) is 63.9 Å². The summed E-state index contributed by atoms with van der Waals surface area (Å²) in [4.78, 5) is 22.8. The normalized spacial score (nSPS) is 20.4. The Hall–Kier alpha value is -2.24. The van der Waals surface area contributed by atoms with Crippen molar-refractivity contribution in [3.05, 3.63) is 46.3 Å². The summed E-state index contributed by atoms with van der Waals surface area (Å²) < 4.78 is 1.65. The molecule has 114 valence electrons. The van der Waals surface area contributed by atoms with E-state index in [0.29, 0.717) is 6.54 Å². The number of anilines is 1. The quantitative estimate of drug-likeness (QED) is 0.851. The molecule has 1 fully saturated rings. The molecule has 1 saturated heterocycles. The van der Waals surface area contributed by atoms with Crippen molar-refractivity contribution in [2.24, 2.45) is 0 Å². The summed E-state index contributed by atoms with van der Waals surface area (Å²) in [5.41, 5.74) is 2.27. The first-order valence-corrected chi connectivity index (χ1v) is 7.94. The van der Waals surface area contributed by atoms with Gasteiger partial charge in [-0.2, -0.15) is 5.10 Å². The van der Waals surface area contributed by atoms with E-state index in [-0.39, 0.29) is 11.6 Å². The van der Waals surface area contributed by atoms with E-state index in [4.69, 9.17) is 0 Å². The van der Waals surface area contributed by atoms with Gasteiger partial charge in [0.15, 0.2) is 0 Å². The van der Waals surface area contributed by atoms with Crippen LogP contribution >= 0.6 is 0 Å². The van der Waals surface area contributed by atoms with Crippen LogP contribution in [0, 0.1) is 0 Å². The zero-order chi connectivity index (χ0) is 14.9. The smallest absolute Gasteiger partial charge is 0.267 e. The van der Waals surface area contributed by atoms with Crippen molar-refractivity contribution in [3.8, 4) is 0 Å². The molecule has 6 nitrogen and oxygen atoms in total. The molecule has 1 unspecified atom stereocenters. The van der Waals surface area contributed by atoms with E-state index in [9.17, 15) is 4.79 Å². The Morgan fingerprint density at radius 3 is 3.09 bits per heavy atom. The summed E-state index contributed by atoms with van der Waals surface area (Å²) in [6.07, 6.45) is 8.62. The first-order chi connectivity index (χ1) is 10.8. The Balaban J connectivity index is 1.59. The van der Waals surface area contributed by atoms with Crippen LogP contribution in [0.3, 0.4) is 0 Å². The zero-order valence-electron chi connectivity index (χ0n) is 12.5. The van der Waals surface area contributed by atoms with Gasteiger partial charge in [0.05, 0.1) is 18.3 Å². The van der Waals surface area contributed by atoms with Crippen molar-refractivity contribution < 1.29 is 0 Å². The Labute approximate surface area is 128 Å². The van der Waals surface area contributed by atoms with Crippen LogP contribution in [0.5, 0.6) is 0 Å². The SMILES string of the molecule is O=c1cc2c(nn1CC1CCCN1c1ccncn1)CCC2. The number of nitrogens with zero attached hydrogens (tertiary/aromatic N) is 5. The lowest BCUT2D eigenvalue weighted by Crippen LogP contribution is -2.37. The van der Waals surface area contributed by atoms with Gasteiger partial charge < -0.3 is 4.90 Å². The zero-order valence-corrected chi connectivity index (χ0v) is 12.5. The number of hydrogen-bond donors (Lipinski definition) is 0. The van der Waals surface area contributed by atoms with Crippen LogP contribution < -0.4 is 10.5 Å². The molecule has 1 atom stereocenters. The first kappa shape index (κ1) is 13.4. The summed E-state index contributed by atoms with van der Waals surface area (Å²) in [5.74, 6) is 0.937. The van der Waals surface area contributed by atoms with Gasteiger partial charge in [0.2, 0.25) is 0 Å². The van der Waals surface area contributed by atoms with E-state index in [1.165, 1.54) is 0 Å². The molecule has 0 N–H and O–H groups in total. The fraction of sp³-hybridized carbons (Fsp3) is 0.500. The molecule has 1 aliphatic carbocycles. The van der Waals surface area contributed by atoms with Crippen LogP contribution in [0.2, 0.25) is 0 Å². The molecule has 0 spiro atoms. The van der Waals surface area contributed by atoms with E-state index in [2.05, 4.69) is 20.0 Å². The summed E-state index contributed by atoms with van der Waals surface area (Å²) >= 11 is 0. The van der Waals surface area contributed by atoms with Crippen molar-refractivity contribution in [1.82, 2.24) is 19.7 Å². The van der Waals surface area contributed by atoms with Crippen molar-refractivity contribution in [2.75, 3.05) is 11.4 Å². The first-order valence-electron chi connectivity index (χ1n) is 7.94. The van der Waals surface area contributed by atoms with E-state index >= 15 is 0 Å². The fourth-order valence-corrected chi connectivity index (χ4v) is 3.55. The molecule has 2 aromatic rings. The Kier molecular flexibility index (Phi) is 3.36. The molecule has 0 amide bonds. The molecule has 3 heterocycles. The second-order valence-electron chi connectivity index (χ2n) is 6.05. The average Bonchev–Trinajstić information content (AvgIpc) is 3.17. The largest absolute Gasteiger partial charge is 0.352 e. The van der Waals surface area contributed by atoms with Gasteiger partial charge in [-0.3, -0.25) is 4.79 Å². The second-order valence-corrected chi connectivity index (χ2v) is 6.05. The molecule has 4 rings (SSSR count). The molecule has 6 heteroatoms. The van der Waals surface area contributed by atoms with Crippen LogP contribution in [0.1, 0.15) is 30.5 Å². The van der Waals surface area contributed by atoms with Gasteiger partial charge in [0.25, 0.3) is 5.56 Å². The third-order valence-electron chi connectivity index (χ3n) is 4.65. The van der Waals surface area contributed by atoms with Crippen LogP contribution in [0.15, 0.2) is 29.5 Å². The number of aromatic nitrogens is 4. The van der Waals surface area contributed by atoms with E-state index in [1.54, 1.807) is 23.3 Å². The van der Waals surface area contributed by atoms with Gasteiger partial charge in [-0.1, -0.05) is 0 Å². The number of fused-ring (bicyclic) bond motifs is 1. The minimum Gasteiger partial charge on any atom is -0.352 e. The molecule has 2 aliphatic rings. The van der Waals surface area contributed by atoms with Crippen LogP contribution in [0.25, 0.3) is 0 Å². The van der Waals surface area contributed by atoms with Crippen LogP contribution in [0.4, 0.5) is 5.82 Å². The molecule has 0 saturated carbocycles. The monoisotopic (exact) mass is 297 g/mol. The third kappa shape index (κ3) is 2.38. The lowest BCUT2D eigenvalue weighted by Gasteiger charge is -2.25. The minimum atomic E-state index is 0.0233.